The molecular formula is C8H10F2N2OS. The maximum atomic E-state index is 12.0. The molecule has 3 nitrogen and oxygen atoms in total. The minimum atomic E-state index is -1.60. The van der Waals surface area contributed by atoms with Gasteiger partial charge in [-0.1, -0.05) is 11.8 Å². The van der Waals surface area contributed by atoms with Gasteiger partial charge in [0.05, 0.1) is 0 Å². The van der Waals surface area contributed by atoms with E-state index < -0.39 is 6.08 Å². The average Bonchev–Trinajstić information content (AvgIpc) is 2.51. The van der Waals surface area contributed by atoms with E-state index in [0.717, 1.165) is 0 Å². The van der Waals surface area contributed by atoms with Crippen LogP contribution in [-0.4, -0.2) is 16.0 Å². The zero-order valence-electron chi connectivity index (χ0n) is 7.88. The van der Waals surface area contributed by atoms with E-state index in [2.05, 4.69) is 10.2 Å². The van der Waals surface area contributed by atoms with Crippen LogP contribution in [-0.2, 0) is 0 Å². The summed E-state index contributed by atoms with van der Waals surface area (Å²) in [5, 5.41) is 7.78. The molecule has 6 heteroatoms. The molecule has 0 spiro atoms. The van der Waals surface area contributed by atoms with Crippen LogP contribution >= 0.6 is 11.8 Å². The summed E-state index contributed by atoms with van der Waals surface area (Å²) >= 11 is 1.28. The van der Waals surface area contributed by atoms with Gasteiger partial charge in [-0.3, -0.25) is 0 Å². The topological polar surface area (TPSA) is 38.9 Å². The van der Waals surface area contributed by atoms with E-state index in [1.54, 1.807) is 6.92 Å². The zero-order valence-corrected chi connectivity index (χ0v) is 8.70. The Labute approximate surface area is 84.6 Å². The Kier molecular flexibility index (Phi) is 4.06. The predicted molar refractivity (Wildman–Crippen MR) is 49.3 cm³/mol. The summed E-state index contributed by atoms with van der Waals surface area (Å²) in [7, 11) is 0. The Balaban J connectivity index is 2.32. The van der Waals surface area contributed by atoms with E-state index in [-0.39, 0.29) is 5.57 Å². The molecule has 0 bridgehead atoms. The lowest BCUT2D eigenvalue weighted by Crippen LogP contribution is -1.84. The molecule has 1 rings (SSSR count). The predicted octanol–water partition coefficient (Wildman–Crippen LogP) is 3.03. The fourth-order valence-corrected chi connectivity index (χ4v) is 1.58. The summed E-state index contributed by atoms with van der Waals surface area (Å²) < 4.78 is 29.0. The van der Waals surface area contributed by atoms with E-state index in [9.17, 15) is 8.78 Å². The first-order chi connectivity index (χ1) is 6.59. The summed E-state index contributed by atoms with van der Waals surface area (Å²) in [6, 6.07) is 0. The van der Waals surface area contributed by atoms with Crippen molar-refractivity contribution in [2.24, 2.45) is 0 Å². The molecule has 0 saturated carbocycles. The molecule has 1 aromatic heterocycles. The molecule has 0 amide bonds. The van der Waals surface area contributed by atoms with Gasteiger partial charge in [0.15, 0.2) is 0 Å². The van der Waals surface area contributed by atoms with Crippen LogP contribution in [0.15, 0.2) is 21.3 Å². The first-order valence-corrected chi connectivity index (χ1v) is 5.02. The average molecular weight is 220 g/mol. The second kappa shape index (κ2) is 5.09. The molecule has 0 aromatic carbocycles. The van der Waals surface area contributed by atoms with Crippen molar-refractivity contribution >= 4 is 11.8 Å². The molecular weight excluding hydrogens is 210 g/mol. The van der Waals surface area contributed by atoms with Crippen molar-refractivity contribution < 1.29 is 13.2 Å². The summed E-state index contributed by atoms with van der Waals surface area (Å²) in [6.07, 6.45) is -1.28. The fourth-order valence-electron chi connectivity index (χ4n) is 0.723. The number of hydrogen-bond acceptors (Lipinski definition) is 4. The van der Waals surface area contributed by atoms with E-state index in [4.69, 9.17) is 4.42 Å². The minimum Gasteiger partial charge on any atom is -0.416 e. The smallest absolute Gasteiger partial charge is 0.276 e. The summed E-state index contributed by atoms with van der Waals surface area (Å²) in [6.45, 7) is 3.10. The Hall–Kier alpha value is -0.910. The lowest BCUT2D eigenvalue weighted by atomic mass is 10.3. The van der Waals surface area contributed by atoms with Crippen LogP contribution < -0.4 is 0 Å². The molecule has 1 heterocycles. The molecule has 0 N–H and O–H groups in total. The van der Waals surface area contributed by atoms with Crippen molar-refractivity contribution in [2.45, 2.75) is 25.5 Å². The zero-order chi connectivity index (χ0) is 10.6. The number of aryl methyl sites for hydroxylation is 1. The van der Waals surface area contributed by atoms with Crippen LogP contribution in [0.1, 0.15) is 19.2 Å². The van der Waals surface area contributed by atoms with Crippen LogP contribution in [0.5, 0.6) is 0 Å². The first kappa shape index (κ1) is 11.2. The lowest BCUT2D eigenvalue weighted by molar-refractivity contribution is 0.409. The van der Waals surface area contributed by atoms with Crippen LogP contribution in [0.2, 0.25) is 0 Å². The highest BCUT2D eigenvalue weighted by Gasteiger charge is 2.04. The molecule has 0 radical (unpaired) electrons. The number of rotatable bonds is 4. The number of thioether (sulfide) groups is 1. The van der Waals surface area contributed by atoms with Crippen LogP contribution in [0.3, 0.4) is 0 Å². The molecule has 0 atom stereocenters. The maximum Gasteiger partial charge on any atom is 0.276 e. The standard InChI is InChI=1S/C8H10F2N2OS/c1-5(7(9)10)3-4-14-8-12-11-6(2)13-8/h3-4H2,1-2H3. The van der Waals surface area contributed by atoms with Crippen molar-refractivity contribution in [3.8, 4) is 0 Å². The molecule has 0 aliphatic rings. The highest BCUT2D eigenvalue weighted by molar-refractivity contribution is 7.99. The number of aromatic nitrogens is 2. The molecule has 0 saturated heterocycles. The number of hydrogen-bond donors (Lipinski definition) is 0. The summed E-state index contributed by atoms with van der Waals surface area (Å²) in [4.78, 5) is 0. The lowest BCUT2D eigenvalue weighted by Gasteiger charge is -1.96. The Morgan fingerprint density at radius 2 is 2.14 bits per heavy atom. The molecule has 0 aliphatic heterocycles. The van der Waals surface area contributed by atoms with Crippen LogP contribution in [0.25, 0.3) is 0 Å². The minimum absolute atomic E-state index is 0.105. The second-order valence-electron chi connectivity index (χ2n) is 2.73. The van der Waals surface area contributed by atoms with Gasteiger partial charge in [-0.15, -0.1) is 10.2 Å². The molecule has 78 valence electrons. The van der Waals surface area contributed by atoms with E-state index in [1.807, 2.05) is 0 Å². The highest BCUT2D eigenvalue weighted by atomic mass is 32.2. The van der Waals surface area contributed by atoms with Gasteiger partial charge in [0.25, 0.3) is 11.3 Å². The molecule has 0 unspecified atom stereocenters. The van der Waals surface area contributed by atoms with E-state index >= 15 is 0 Å². The second-order valence-corrected chi connectivity index (χ2v) is 3.77. The third kappa shape index (κ3) is 3.45. The van der Waals surface area contributed by atoms with Crippen molar-refractivity contribution in [1.82, 2.24) is 10.2 Å². The van der Waals surface area contributed by atoms with Gasteiger partial charge in [-0.2, -0.15) is 8.78 Å². The largest absolute Gasteiger partial charge is 0.416 e. The van der Waals surface area contributed by atoms with Gasteiger partial charge in [-0.25, -0.2) is 0 Å². The van der Waals surface area contributed by atoms with Gasteiger partial charge >= 0.3 is 0 Å². The number of nitrogens with zero attached hydrogens (tertiary/aromatic N) is 2. The quantitative estimate of drug-likeness (QED) is 0.731. The van der Waals surface area contributed by atoms with Crippen molar-refractivity contribution in [3.05, 3.63) is 17.5 Å². The third-order valence-electron chi connectivity index (χ3n) is 1.53. The van der Waals surface area contributed by atoms with Crippen molar-refractivity contribution in [1.29, 1.82) is 0 Å². The SMILES string of the molecule is CC(CCSc1nnc(C)o1)=C(F)F. The van der Waals surface area contributed by atoms with Crippen molar-refractivity contribution in [2.75, 3.05) is 5.75 Å². The van der Waals surface area contributed by atoms with Gasteiger partial charge < -0.3 is 4.42 Å². The molecule has 0 aliphatic carbocycles. The van der Waals surface area contributed by atoms with E-state index in [0.29, 0.717) is 23.3 Å². The maximum absolute atomic E-state index is 12.0. The monoisotopic (exact) mass is 220 g/mol. The Morgan fingerprint density at radius 3 is 2.64 bits per heavy atom. The van der Waals surface area contributed by atoms with E-state index in [1.165, 1.54) is 18.7 Å². The summed E-state index contributed by atoms with van der Waals surface area (Å²) in [5.41, 5.74) is 0.105. The van der Waals surface area contributed by atoms with Gasteiger partial charge in [0, 0.05) is 12.7 Å². The number of allylic oxidation sites excluding steroid dienone is 1. The summed E-state index contributed by atoms with van der Waals surface area (Å²) in [5.74, 6) is 1.00. The number of halogens is 2. The van der Waals surface area contributed by atoms with Gasteiger partial charge in [-0.05, 0) is 18.9 Å². The normalized spacial score (nSPS) is 10.3. The highest BCUT2D eigenvalue weighted by Crippen LogP contribution is 2.20. The van der Waals surface area contributed by atoms with Crippen LogP contribution in [0.4, 0.5) is 8.78 Å². The molecule has 14 heavy (non-hydrogen) atoms. The van der Waals surface area contributed by atoms with Crippen LogP contribution in [0, 0.1) is 6.92 Å². The fraction of sp³-hybridized carbons (Fsp3) is 0.500. The Bertz CT molecular complexity index is 334. The van der Waals surface area contributed by atoms with Crippen molar-refractivity contribution in [3.63, 3.8) is 0 Å². The molecule has 0 fully saturated rings. The van der Waals surface area contributed by atoms with Gasteiger partial charge in [0.2, 0.25) is 5.89 Å². The Morgan fingerprint density at radius 1 is 1.43 bits per heavy atom. The molecule has 1 aromatic rings. The third-order valence-corrected chi connectivity index (χ3v) is 2.35. The first-order valence-electron chi connectivity index (χ1n) is 4.03. The van der Waals surface area contributed by atoms with Gasteiger partial charge in [0.1, 0.15) is 0 Å².